The largest absolute Gasteiger partial charge is 0.469 e. The third kappa shape index (κ3) is 5.85. The number of benzene rings is 1. The van der Waals surface area contributed by atoms with Crippen LogP contribution in [-0.4, -0.2) is 32.3 Å². The predicted octanol–water partition coefficient (Wildman–Crippen LogP) is 1.92. The number of ether oxygens (including phenoxy) is 2. The predicted molar refractivity (Wildman–Crippen MR) is 75.0 cm³/mol. The Morgan fingerprint density at radius 2 is 2.00 bits per heavy atom. The van der Waals surface area contributed by atoms with Crippen molar-refractivity contribution in [2.75, 3.05) is 20.3 Å². The van der Waals surface area contributed by atoms with Crippen molar-refractivity contribution >= 4 is 5.97 Å². The van der Waals surface area contributed by atoms with Crippen LogP contribution in [0.5, 0.6) is 0 Å². The Kier molecular flexibility index (Phi) is 7.15. The summed E-state index contributed by atoms with van der Waals surface area (Å²) in [6, 6.07) is 8.18. The van der Waals surface area contributed by atoms with Crippen molar-refractivity contribution in [3.8, 4) is 0 Å². The maximum atomic E-state index is 11.4. The van der Waals surface area contributed by atoms with Crippen LogP contribution in [0.25, 0.3) is 0 Å². The van der Waals surface area contributed by atoms with E-state index in [0.717, 1.165) is 24.3 Å². The quantitative estimate of drug-likeness (QED) is 0.729. The van der Waals surface area contributed by atoms with Gasteiger partial charge in [0.25, 0.3) is 0 Å². The number of esters is 1. The molecule has 0 heterocycles. The summed E-state index contributed by atoms with van der Waals surface area (Å²) in [5.74, 6) is -0.213. The molecule has 0 bridgehead atoms. The molecule has 0 aliphatic heterocycles. The van der Waals surface area contributed by atoms with E-state index in [1.165, 1.54) is 7.11 Å². The van der Waals surface area contributed by atoms with Crippen LogP contribution in [-0.2, 0) is 27.2 Å². The van der Waals surface area contributed by atoms with Crippen molar-refractivity contribution in [1.82, 2.24) is 5.32 Å². The van der Waals surface area contributed by atoms with Crippen LogP contribution in [0.2, 0.25) is 0 Å². The van der Waals surface area contributed by atoms with Gasteiger partial charge in [0.2, 0.25) is 0 Å². The molecular formula is C15H23NO3. The first-order valence-corrected chi connectivity index (χ1v) is 6.62. The molecule has 0 aliphatic carbocycles. The highest BCUT2D eigenvalue weighted by Gasteiger charge is 2.08. The van der Waals surface area contributed by atoms with Gasteiger partial charge in [0, 0.05) is 19.2 Å². The van der Waals surface area contributed by atoms with E-state index < -0.39 is 0 Å². The second-order valence-corrected chi connectivity index (χ2v) is 4.46. The van der Waals surface area contributed by atoms with Crippen LogP contribution >= 0.6 is 0 Å². The van der Waals surface area contributed by atoms with Gasteiger partial charge in [0.15, 0.2) is 0 Å². The molecule has 0 spiro atoms. The molecular weight excluding hydrogens is 242 g/mol. The summed E-state index contributed by atoms with van der Waals surface area (Å²) in [4.78, 5) is 11.4. The van der Waals surface area contributed by atoms with E-state index in [2.05, 4.69) is 12.2 Å². The van der Waals surface area contributed by atoms with Crippen molar-refractivity contribution in [1.29, 1.82) is 0 Å². The summed E-state index contributed by atoms with van der Waals surface area (Å²) < 4.78 is 10.1. The SMILES string of the molecule is CCOCC(C)NCc1ccccc1CC(=O)OC. The third-order valence-corrected chi connectivity index (χ3v) is 2.89. The molecule has 4 nitrogen and oxygen atoms in total. The summed E-state index contributed by atoms with van der Waals surface area (Å²) in [5.41, 5.74) is 2.13. The summed E-state index contributed by atoms with van der Waals surface area (Å²) in [7, 11) is 1.41. The molecule has 4 heteroatoms. The molecule has 0 aromatic heterocycles. The smallest absolute Gasteiger partial charge is 0.309 e. The fraction of sp³-hybridized carbons (Fsp3) is 0.533. The Morgan fingerprint density at radius 1 is 1.32 bits per heavy atom. The van der Waals surface area contributed by atoms with Gasteiger partial charge in [-0.2, -0.15) is 0 Å². The molecule has 1 rings (SSSR count). The van der Waals surface area contributed by atoms with E-state index in [4.69, 9.17) is 9.47 Å². The van der Waals surface area contributed by atoms with Gasteiger partial charge in [-0.05, 0) is 25.0 Å². The normalized spacial score (nSPS) is 12.2. The van der Waals surface area contributed by atoms with Gasteiger partial charge in [-0.1, -0.05) is 24.3 Å². The molecule has 19 heavy (non-hydrogen) atoms. The molecule has 1 unspecified atom stereocenters. The molecule has 1 aromatic rings. The fourth-order valence-electron chi connectivity index (χ4n) is 1.77. The van der Waals surface area contributed by atoms with Crippen molar-refractivity contribution in [2.24, 2.45) is 0 Å². The molecule has 0 saturated heterocycles. The van der Waals surface area contributed by atoms with Gasteiger partial charge in [0.05, 0.1) is 20.1 Å². The summed E-state index contributed by atoms with van der Waals surface area (Å²) in [5, 5.41) is 3.39. The summed E-state index contributed by atoms with van der Waals surface area (Å²) >= 11 is 0. The number of hydrogen-bond acceptors (Lipinski definition) is 4. The fourth-order valence-corrected chi connectivity index (χ4v) is 1.77. The van der Waals surface area contributed by atoms with Gasteiger partial charge in [-0.3, -0.25) is 4.79 Å². The number of nitrogens with one attached hydrogen (secondary N) is 1. The summed E-state index contributed by atoms with van der Waals surface area (Å²) in [6.07, 6.45) is 0.314. The van der Waals surface area contributed by atoms with Crippen LogP contribution in [0.1, 0.15) is 25.0 Å². The van der Waals surface area contributed by atoms with Crippen LogP contribution in [0.4, 0.5) is 0 Å². The maximum Gasteiger partial charge on any atom is 0.309 e. The van der Waals surface area contributed by atoms with E-state index in [-0.39, 0.29) is 12.0 Å². The molecule has 0 aliphatic rings. The highest BCUT2D eigenvalue weighted by molar-refractivity contribution is 5.72. The molecule has 1 atom stereocenters. The molecule has 106 valence electrons. The van der Waals surface area contributed by atoms with Gasteiger partial charge >= 0.3 is 5.97 Å². The lowest BCUT2D eigenvalue weighted by Gasteiger charge is -2.15. The molecule has 0 saturated carbocycles. The first-order chi connectivity index (χ1) is 9.17. The average Bonchev–Trinajstić information content (AvgIpc) is 2.44. The standard InChI is InChI=1S/C15H23NO3/c1-4-19-11-12(2)16-10-14-8-6-5-7-13(14)9-15(17)18-3/h5-8,12,16H,4,9-11H2,1-3H3. The zero-order valence-electron chi connectivity index (χ0n) is 11.9. The summed E-state index contributed by atoms with van der Waals surface area (Å²) in [6.45, 7) is 6.21. The number of rotatable bonds is 8. The van der Waals surface area contributed by atoms with Crippen molar-refractivity contribution in [3.63, 3.8) is 0 Å². The van der Waals surface area contributed by atoms with Gasteiger partial charge in [-0.25, -0.2) is 0 Å². The second kappa shape index (κ2) is 8.67. The Hall–Kier alpha value is -1.39. The third-order valence-electron chi connectivity index (χ3n) is 2.89. The van der Waals surface area contributed by atoms with E-state index in [0.29, 0.717) is 13.0 Å². The average molecular weight is 265 g/mol. The van der Waals surface area contributed by atoms with Gasteiger partial charge in [-0.15, -0.1) is 0 Å². The zero-order chi connectivity index (χ0) is 14.1. The first kappa shape index (κ1) is 15.7. The first-order valence-electron chi connectivity index (χ1n) is 6.62. The van der Waals surface area contributed by atoms with Crippen LogP contribution in [0.3, 0.4) is 0 Å². The van der Waals surface area contributed by atoms with Crippen LogP contribution in [0.15, 0.2) is 24.3 Å². The minimum absolute atomic E-state index is 0.213. The second-order valence-electron chi connectivity index (χ2n) is 4.46. The van der Waals surface area contributed by atoms with Gasteiger partial charge in [0.1, 0.15) is 0 Å². The highest BCUT2D eigenvalue weighted by atomic mass is 16.5. The Balaban J connectivity index is 2.55. The van der Waals surface area contributed by atoms with E-state index in [1.807, 2.05) is 31.2 Å². The molecule has 0 fully saturated rings. The topological polar surface area (TPSA) is 47.6 Å². The lowest BCUT2D eigenvalue weighted by Crippen LogP contribution is -2.30. The lowest BCUT2D eigenvalue weighted by molar-refractivity contribution is -0.139. The maximum absolute atomic E-state index is 11.4. The monoisotopic (exact) mass is 265 g/mol. The van der Waals surface area contributed by atoms with Crippen LogP contribution in [0, 0.1) is 0 Å². The molecule has 0 amide bonds. The van der Waals surface area contributed by atoms with Gasteiger partial charge < -0.3 is 14.8 Å². The Morgan fingerprint density at radius 3 is 2.63 bits per heavy atom. The highest BCUT2D eigenvalue weighted by Crippen LogP contribution is 2.10. The molecule has 1 N–H and O–H groups in total. The number of carbonyl (C=O) groups excluding carboxylic acids is 1. The lowest BCUT2D eigenvalue weighted by atomic mass is 10.0. The van der Waals surface area contributed by atoms with E-state index in [9.17, 15) is 4.79 Å². The molecule has 1 aromatic carbocycles. The number of hydrogen-bond donors (Lipinski definition) is 1. The Bertz CT molecular complexity index is 393. The Labute approximate surface area is 115 Å². The van der Waals surface area contributed by atoms with Crippen molar-refractivity contribution in [3.05, 3.63) is 35.4 Å². The van der Waals surface area contributed by atoms with Crippen molar-refractivity contribution in [2.45, 2.75) is 32.9 Å². The van der Waals surface area contributed by atoms with Crippen LogP contribution < -0.4 is 5.32 Å². The van der Waals surface area contributed by atoms with E-state index >= 15 is 0 Å². The zero-order valence-corrected chi connectivity index (χ0v) is 11.9. The van der Waals surface area contributed by atoms with Crippen molar-refractivity contribution < 1.29 is 14.3 Å². The molecule has 0 radical (unpaired) electrons. The number of carbonyl (C=O) groups is 1. The minimum atomic E-state index is -0.213. The number of methoxy groups -OCH3 is 1. The minimum Gasteiger partial charge on any atom is -0.469 e. The van der Waals surface area contributed by atoms with E-state index in [1.54, 1.807) is 0 Å².